The smallest absolute Gasteiger partial charge is 0.319 e. The molecule has 0 bridgehead atoms. The topological polar surface area (TPSA) is 81.3 Å². The molecule has 0 aliphatic carbocycles. The van der Waals surface area contributed by atoms with E-state index in [2.05, 4.69) is 21.4 Å². The fraction of sp³-hybridized carbons (Fsp3) is 0.400. The van der Waals surface area contributed by atoms with E-state index in [-0.39, 0.29) is 23.9 Å². The first-order chi connectivity index (χ1) is 15.7. The number of urea groups is 1. The third-order valence-electron chi connectivity index (χ3n) is 6.71. The number of hydrogen-bond acceptors (Lipinski definition) is 3. The van der Waals surface area contributed by atoms with Crippen LogP contribution in [0.3, 0.4) is 0 Å². The number of carbonyl (C=O) groups excluding carboxylic acids is 2. The zero-order chi connectivity index (χ0) is 21.9. The second-order valence-electron chi connectivity index (χ2n) is 8.77. The number of likely N-dealkylation sites (tertiary alicyclic amines) is 2. The maximum atomic E-state index is 13.3. The first-order valence-corrected chi connectivity index (χ1v) is 11.5. The van der Waals surface area contributed by atoms with Gasteiger partial charge >= 0.3 is 6.03 Å². The van der Waals surface area contributed by atoms with Crippen LogP contribution in [-0.2, 0) is 4.79 Å². The van der Waals surface area contributed by atoms with Gasteiger partial charge in [-0.15, -0.1) is 0 Å². The average Bonchev–Trinajstić information content (AvgIpc) is 3.54. The van der Waals surface area contributed by atoms with E-state index < -0.39 is 0 Å². The molecule has 2 saturated heterocycles. The van der Waals surface area contributed by atoms with Gasteiger partial charge in [-0.1, -0.05) is 36.4 Å². The summed E-state index contributed by atoms with van der Waals surface area (Å²) in [5.41, 5.74) is 3.91. The van der Waals surface area contributed by atoms with Crippen LogP contribution in [0.15, 0.2) is 54.9 Å². The van der Waals surface area contributed by atoms with Gasteiger partial charge in [-0.2, -0.15) is 0 Å². The molecule has 2 aliphatic heterocycles. The molecule has 2 fully saturated rings. The Balaban J connectivity index is 1.28. The van der Waals surface area contributed by atoms with Gasteiger partial charge in [0.15, 0.2) is 0 Å². The number of piperidine rings is 1. The lowest BCUT2D eigenvalue weighted by Gasteiger charge is -2.34. The van der Waals surface area contributed by atoms with Crippen molar-refractivity contribution in [2.24, 2.45) is 5.92 Å². The van der Waals surface area contributed by atoms with Gasteiger partial charge in [-0.05, 0) is 48.9 Å². The maximum absolute atomic E-state index is 13.3. The summed E-state index contributed by atoms with van der Waals surface area (Å²) in [6.07, 6.45) is 5.27. The first kappa shape index (κ1) is 20.5. The molecule has 3 heterocycles. The summed E-state index contributed by atoms with van der Waals surface area (Å²) < 4.78 is 0. The van der Waals surface area contributed by atoms with Crippen molar-refractivity contribution in [3.8, 4) is 0 Å². The van der Waals surface area contributed by atoms with Gasteiger partial charge in [0.2, 0.25) is 5.91 Å². The Bertz CT molecular complexity index is 1080. The molecule has 3 aromatic rings. The van der Waals surface area contributed by atoms with E-state index in [1.807, 2.05) is 52.3 Å². The highest BCUT2D eigenvalue weighted by Crippen LogP contribution is 2.27. The second kappa shape index (κ2) is 9.02. The lowest BCUT2D eigenvalue weighted by atomic mass is 9.93. The minimum Gasteiger partial charge on any atom is -0.345 e. The first-order valence-electron chi connectivity index (χ1n) is 11.5. The van der Waals surface area contributed by atoms with E-state index in [1.165, 1.54) is 0 Å². The Morgan fingerprint density at radius 2 is 1.66 bits per heavy atom. The monoisotopic (exact) mass is 431 g/mol. The van der Waals surface area contributed by atoms with Crippen molar-refractivity contribution in [1.29, 1.82) is 0 Å². The van der Waals surface area contributed by atoms with E-state index in [9.17, 15) is 9.59 Å². The summed E-state index contributed by atoms with van der Waals surface area (Å²) in [6, 6.07) is 16.0. The van der Waals surface area contributed by atoms with Gasteiger partial charge in [0, 0.05) is 32.1 Å². The molecule has 0 radical (unpaired) electrons. The van der Waals surface area contributed by atoms with Crippen molar-refractivity contribution in [1.82, 2.24) is 25.1 Å². The summed E-state index contributed by atoms with van der Waals surface area (Å²) in [5, 5.41) is 3.29. The number of nitrogens with zero attached hydrogens (tertiary/aromatic N) is 3. The van der Waals surface area contributed by atoms with Crippen LogP contribution in [0.2, 0.25) is 0 Å². The molecule has 2 aliphatic rings. The van der Waals surface area contributed by atoms with Crippen molar-refractivity contribution < 1.29 is 9.59 Å². The molecular weight excluding hydrogens is 402 g/mol. The fourth-order valence-corrected chi connectivity index (χ4v) is 4.84. The van der Waals surface area contributed by atoms with E-state index in [0.29, 0.717) is 25.9 Å². The van der Waals surface area contributed by atoms with Crippen LogP contribution in [-0.4, -0.2) is 57.9 Å². The number of fused-ring (bicyclic) bond motifs is 1. The van der Waals surface area contributed by atoms with Gasteiger partial charge in [-0.3, -0.25) is 4.79 Å². The quantitative estimate of drug-likeness (QED) is 0.661. The summed E-state index contributed by atoms with van der Waals surface area (Å²) in [6.45, 7) is 3.00. The zero-order valence-electron chi connectivity index (χ0n) is 18.2. The van der Waals surface area contributed by atoms with Crippen molar-refractivity contribution in [3.63, 3.8) is 0 Å². The van der Waals surface area contributed by atoms with E-state index in [4.69, 9.17) is 0 Å². The standard InChI is InChI=1S/C25H29N5O2/c31-24(19-10-14-30(15-11-19)25(32)29-12-4-5-13-29)28-23(18-6-2-1-3-7-18)20-8-9-21-22(16-20)27-17-26-21/h1-3,6-9,16-17,19,23H,4-5,10-15H2,(H,26,27)(H,28,31). The molecule has 1 aromatic heterocycles. The molecule has 1 atom stereocenters. The van der Waals surface area contributed by atoms with Gasteiger partial charge in [-0.25, -0.2) is 9.78 Å². The third-order valence-corrected chi connectivity index (χ3v) is 6.71. The number of aromatic nitrogens is 2. The highest BCUT2D eigenvalue weighted by atomic mass is 16.2. The number of benzene rings is 2. The Hall–Kier alpha value is -3.35. The molecule has 2 aromatic carbocycles. The minimum absolute atomic E-state index is 0.0526. The van der Waals surface area contributed by atoms with Crippen LogP contribution >= 0.6 is 0 Å². The second-order valence-corrected chi connectivity index (χ2v) is 8.77. The van der Waals surface area contributed by atoms with Crippen LogP contribution in [0.25, 0.3) is 11.0 Å². The van der Waals surface area contributed by atoms with Gasteiger partial charge in [0.1, 0.15) is 0 Å². The normalized spacial score (nSPS) is 18.1. The molecule has 166 valence electrons. The minimum atomic E-state index is -0.235. The summed E-state index contributed by atoms with van der Waals surface area (Å²) in [5.74, 6) is -0.0310. The molecule has 2 N–H and O–H groups in total. The predicted molar refractivity (Wildman–Crippen MR) is 123 cm³/mol. The van der Waals surface area contributed by atoms with Crippen LogP contribution < -0.4 is 5.32 Å². The van der Waals surface area contributed by atoms with Crippen LogP contribution in [0.5, 0.6) is 0 Å². The molecule has 32 heavy (non-hydrogen) atoms. The van der Waals surface area contributed by atoms with E-state index >= 15 is 0 Å². The molecular formula is C25H29N5O2. The van der Waals surface area contributed by atoms with Gasteiger partial charge in [0.05, 0.1) is 23.4 Å². The van der Waals surface area contributed by atoms with Crippen molar-refractivity contribution >= 4 is 23.0 Å². The number of rotatable bonds is 4. The SMILES string of the molecule is O=C(NC(c1ccccc1)c1ccc2nc[nH]c2c1)C1CCN(C(=O)N2CCCC2)CC1. The highest BCUT2D eigenvalue weighted by molar-refractivity contribution is 5.81. The molecule has 7 heteroatoms. The Kier molecular flexibility index (Phi) is 5.79. The summed E-state index contributed by atoms with van der Waals surface area (Å²) in [4.78, 5) is 37.2. The largest absolute Gasteiger partial charge is 0.345 e. The summed E-state index contributed by atoms with van der Waals surface area (Å²) in [7, 11) is 0. The number of H-pyrrole nitrogens is 1. The Morgan fingerprint density at radius 1 is 0.938 bits per heavy atom. The van der Waals surface area contributed by atoms with Crippen molar-refractivity contribution in [2.45, 2.75) is 31.7 Å². The maximum Gasteiger partial charge on any atom is 0.319 e. The lowest BCUT2D eigenvalue weighted by Crippen LogP contribution is -2.48. The van der Waals surface area contributed by atoms with Gasteiger partial charge < -0.3 is 20.1 Å². The summed E-state index contributed by atoms with van der Waals surface area (Å²) >= 11 is 0. The fourth-order valence-electron chi connectivity index (χ4n) is 4.84. The number of amides is 3. The van der Waals surface area contributed by atoms with Crippen molar-refractivity contribution in [2.75, 3.05) is 26.2 Å². The molecule has 1 unspecified atom stereocenters. The molecule has 0 saturated carbocycles. The molecule has 7 nitrogen and oxygen atoms in total. The number of imidazole rings is 1. The zero-order valence-corrected chi connectivity index (χ0v) is 18.2. The Morgan fingerprint density at radius 3 is 2.41 bits per heavy atom. The van der Waals surface area contributed by atoms with E-state index in [0.717, 1.165) is 48.1 Å². The van der Waals surface area contributed by atoms with Crippen LogP contribution in [0.1, 0.15) is 42.9 Å². The van der Waals surface area contributed by atoms with Crippen molar-refractivity contribution in [3.05, 3.63) is 66.0 Å². The average molecular weight is 432 g/mol. The third kappa shape index (κ3) is 4.20. The molecule has 0 spiro atoms. The Labute approximate surface area is 187 Å². The molecule has 3 amide bonds. The lowest BCUT2D eigenvalue weighted by molar-refractivity contribution is -0.126. The van der Waals surface area contributed by atoms with Crippen LogP contribution in [0.4, 0.5) is 4.79 Å². The van der Waals surface area contributed by atoms with Gasteiger partial charge in [0.25, 0.3) is 0 Å². The van der Waals surface area contributed by atoms with E-state index in [1.54, 1.807) is 6.33 Å². The molecule has 5 rings (SSSR count). The highest BCUT2D eigenvalue weighted by Gasteiger charge is 2.31. The van der Waals surface area contributed by atoms with Crippen LogP contribution in [0, 0.1) is 5.92 Å². The number of aromatic amines is 1. The number of carbonyl (C=O) groups is 2. The number of nitrogens with one attached hydrogen (secondary N) is 2. The predicted octanol–water partition coefficient (Wildman–Crippen LogP) is 3.70. The number of hydrogen-bond donors (Lipinski definition) is 2.